The highest BCUT2D eigenvalue weighted by Gasteiger charge is 2.30. The molecule has 0 spiro atoms. The van der Waals surface area contributed by atoms with Crippen molar-refractivity contribution in [3.05, 3.63) is 35.9 Å². The Morgan fingerprint density at radius 3 is 2.90 bits per heavy atom. The fraction of sp³-hybridized carbons (Fsp3) is 0.588. The van der Waals surface area contributed by atoms with Crippen LogP contribution in [0.5, 0.6) is 0 Å². The summed E-state index contributed by atoms with van der Waals surface area (Å²) >= 11 is 0. The van der Waals surface area contributed by atoms with Crippen molar-refractivity contribution < 1.29 is 9.53 Å². The van der Waals surface area contributed by atoms with Crippen molar-refractivity contribution in [2.75, 3.05) is 26.2 Å². The van der Waals surface area contributed by atoms with E-state index < -0.39 is 0 Å². The molecule has 1 amide bonds. The number of nitrogens with zero attached hydrogens (tertiary/aromatic N) is 1. The molecular formula is C17H24N2O2. The number of rotatable bonds is 2. The normalized spacial score (nSPS) is 27.1. The SMILES string of the molecule is O=C(C1CCCCCN1)N1CCOC(c2ccccc2)C1. The molecule has 1 aromatic carbocycles. The number of nitrogens with one attached hydrogen (secondary N) is 1. The molecule has 0 aliphatic carbocycles. The van der Waals surface area contributed by atoms with Crippen molar-refractivity contribution in [2.45, 2.75) is 37.8 Å². The topological polar surface area (TPSA) is 41.6 Å². The van der Waals surface area contributed by atoms with Crippen LogP contribution in [0.15, 0.2) is 30.3 Å². The lowest BCUT2D eigenvalue weighted by Crippen LogP contribution is -2.50. The predicted octanol–water partition coefficient (Wildman–Crippen LogP) is 2.12. The number of carbonyl (C=O) groups is 1. The van der Waals surface area contributed by atoms with Crippen molar-refractivity contribution in [2.24, 2.45) is 0 Å². The van der Waals surface area contributed by atoms with Crippen LogP contribution in [-0.2, 0) is 9.53 Å². The summed E-state index contributed by atoms with van der Waals surface area (Å²) in [6.45, 7) is 2.96. The molecule has 21 heavy (non-hydrogen) atoms. The number of morpholine rings is 1. The summed E-state index contributed by atoms with van der Waals surface area (Å²) in [5.74, 6) is 0.251. The van der Waals surface area contributed by atoms with Crippen LogP contribution in [0.1, 0.15) is 37.4 Å². The van der Waals surface area contributed by atoms with Gasteiger partial charge in [0.1, 0.15) is 6.10 Å². The largest absolute Gasteiger partial charge is 0.370 e. The third-order valence-electron chi connectivity index (χ3n) is 4.41. The van der Waals surface area contributed by atoms with Crippen LogP contribution in [0.3, 0.4) is 0 Å². The molecule has 114 valence electrons. The van der Waals surface area contributed by atoms with Gasteiger partial charge < -0.3 is 15.0 Å². The Hall–Kier alpha value is -1.39. The fourth-order valence-corrected chi connectivity index (χ4v) is 3.18. The Labute approximate surface area is 126 Å². The minimum absolute atomic E-state index is 0.00187. The van der Waals surface area contributed by atoms with Gasteiger partial charge in [0.15, 0.2) is 0 Å². The van der Waals surface area contributed by atoms with E-state index in [9.17, 15) is 4.79 Å². The summed E-state index contributed by atoms with van der Waals surface area (Å²) in [6.07, 6.45) is 4.53. The summed E-state index contributed by atoms with van der Waals surface area (Å²) in [6, 6.07) is 10.2. The summed E-state index contributed by atoms with van der Waals surface area (Å²) in [5.41, 5.74) is 1.16. The van der Waals surface area contributed by atoms with Crippen LogP contribution in [-0.4, -0.2) is 43.1 Å². The Balaban J connectivity index is 1.63. The number of amides is 1. The Kier molecular flexibility index (Phi) is 4.88. The van der Waals surface area contributed by atoms with Gasteiger partial charge in [-0.05, 0) is 24.9 Å². The molecule has 1 N–H and O–H groups in total. The van der Waals surface area contributed by atoms with Gasteiger partial charge in [0.2, 0.25) is 5.91 Å². The van der Waals surface area contributed by atoms with E-state index in [4.69, 9.17) is 4.74 Å². The Morgan fingerprint density at radius 2 is 2.05 bits per heavy atom. The first-order valence-corrected chi connectivity index (χ1v) is 8.03. The zero-order chi connectivity index (χ0) is 14.5. The lowest BCUT2D eigenvalue weighted by Gasteiger charge is -2.35. The standard InChI is InChI=1S/C17H24N2O2/c20-17(15-9-5-2-6-10-18-15)19-11-12-21-16(13-19)14-7-3-1-4-8-14/h1,3-4,7-8,15-16,18H,2,5-6,9-13H2. The van der Waals surface area contributed by atoms with Gasteiger partial charge in [0.25, 0.3) is 0 Å². The molecule has 0 radical (unpaired) electrons. The van der Waals surface area contributed by atoms with E-state index in [0.717, 1.165) is 24.9 Å². The van der Waals surface area contributed by atoms with E-state index in [1.165, 1.54) is 12.8 Å². The van der Waals surface area contributed by atoms with Crippen molar-refractivity contribution in [3.8, 4) is 0 Å². The highest BCUT2D eigenvalue weighted by Crippen LogP contribution is 2.23. The highest BCUT2D eigenvalue weighted by atomic mass is 16.5. The molecule has 3 rings (SSSR count). The molecule has 2 aliphatic heterocycles. The average Bonchev–Trinajstić information content (AvgIpc) is 2.84. The van der Waals surface area contributed by atoms with E-state index in [-0.39, 0.29) is 18.1 Å². The first kappa shape index (κ1) is 14.5. The molecule has 2 atom stereocenters. The molecule has 0 bridgehead atoms. The molecule has 2 aliphatic rings. The van der Waals surface area contributed by atoms with Crippen LogP contribution >= 0.6 is 0 Å². The molecule has 2 saturated heterocycles. The maximum Gasteiger partial charge on any atom is 0.239 e. The second-order valence-electron chi connectivity index (χ2n) is 5.91. The number of hydrogen-bond acceptors (Lipinski definition) is 3. The van der Waals surface area contributed by atoms with Crippen LogP contribution in [0.25, 0.3) is 0 Å². The monoisotopic (exact) mass is 288 g/mol. The maximum absolute atomic E-state index is 12.7. The number of carbonyl (C=O) groups excluding carboxylic acids is 1. The lowest BCUT2D eigenvalue weighted by molar-refractivity contribution is -0.141. The quantitative estimate of drug-likeness (QED) is 0.906. The van der Waals surface area contributed by atoms with Gasteiger partial charge in [-0.25, -0.2) is 0 Å². The smallest absolute Gasteiger partial charge is 0.239 e. The lowest BCUT2D eigenvalue weighted by atomic mass is 10.1. The summed E-state index contributed by atoms with van der Waals surface area (Å²) in [7, 11) is 0. The third-order valence-corrected chi connectivity index (χ3v) is 4.41. The number of benzene rings is 1. The molecule has 0 aromatic heterocycles. The first-order valence-electron chi connectivity index (χ1n) is 8.03. The Morgan fingerprint density at radius 1 is 1.19 bits per heavy atom. The van der Waals surface area contributed by atoms with Gasteiger partial charge in [-0.15, -0.1) is 0 Å². The molecule has 0 saturated carbocycles. The van der Waals surface area contributed by atoms with Crippen LogP contribution in [0.2, 0.25) is 0 Å². The fourth-order valence-electron chi connectivity index (χ4n) is 3.18. The van der Waals surface area contributed by atoms with Crippen LogP contribution in [0, 0.1) is 0 Å². The van der Waals surface area contributed by atoms with E-state index >= 15 is 0 Å². The maximum atomic E-state index is 12.7. The van der Waals surface area contributed by atoms with E-state index in [1.54, 1.807) is 0 Å². The molecule has 2 fully saturated rings. The number of hydrogen-bond donors (Lipinski definition) is 1. The van der Waals surface area contributed by atoms with Gasteiger partial charge in [-0.2, -0.15) is 0 Å². The van der Waals surface area contributed by atoms with Crippen molar-refractivity contribution in [3.63, 3.8) is 0 Å². The van der Waals surface area contributed by atoms with Gasteiger partial charge in [0.05, 0.1) is 19.2 Å². The summed E-state index contributed by atoms with van der Waals surface area (Å²) in [4.78, 5) is 14.7. The average molecular weight is 288 g/mol. The second-order valence-corrected chi connectivity index (χ2v) is 5.91. The molecular weight excluding hydrogens is 264 g/mol. The van der Waals surface area contributed by atoms with Gasteiger partial charge >= 0.3 is 0 Å². The molecule has 2 unspecified atom stereocenters. The van der Waals surface area contributed by atoms with Crippen molar-refractivity contribution in [1.82, 2.24) is 10.2 Å². The second kappa shape index (κ2) is 7.05. The zero-order valence-corrected chi connectivity index (χ0v) is 12.5. The van der Waals surface area contributed by atoms with Gasteiger partial charge in [0, 0.05) is 6.54 Å². The van der Waals surface area contributed by atoms with Gasteiger partial charge in [-0.3, -0.25) is 4.79 Å². The molecule has 4 nitrogen and oxygen atoms in total. The van der Waals surface area contributed by atoms with Gasteiger partial charge in [-0.1, -0.05) is 43.2 Å². The minimum Gasteiger partial charge on any atom is -0.370 e. The van der Waals surface area contributed by atoms with Crippen molar-refractivity contribution in [1.29, 1.82) is 0 Å². The van der Waals surface area contributed by atoms with Crippen LogP contribution < -0.4 is 5.32 Å². The predicted molar refractivity (Wildman–Crippen MR) is 82.0 cm³/mol. The zero-order valence-electron chi connectivity index (χ0n) is 12.5. The van der Waals surface area contributed by atoms with E-state index in [0.29, 0.717) is 19.7 Å². The molecule has 4 heteroatoms. The van der Waals surface area contributed by atoms with E-state index in [2.05, 4.69) is 17.4 Å². The summed E-state index contributed by atoms with van der Waals surface area (Å²) < 4.78 is 5.84. The number of ether oxygens (including phenoxy) is 1. The van der Waals surface area contributed by atoms with Crippen molar-refractivity contribution >= 4 is 5.91 Å². The highest BCUT2D eigenvalue weighted by molar-refractivity contribution is 5.82. The minimum atomic E-state index is 0.00187. The summed E-state index contributed by atoms with van der Waals surface area (Å²) in [5, 5.41) is 3.40. The van der Waals surface area contributed by atoms with E-state index in [1.807, 2.05) is 23.1 Å². The molecule has 2 heterocycles. The molecule has 1 aromatic rings. The van der Waals surface area contributed by atoms with Crippen LogP contribution in [0.4, 0.5) is 0 Å². The third kappa shape index (κ3) is 3.63. The first-order chi connectivity index (χ1) is 10.3. The Bertz CT molecular complexity index is 455.